The molecule has 16 heavy (non-hydrogen) atoms. The number of carbonyl (C=O) groups excluding carboxylic acids is 1. The van der Waals surface area contributed by atoms with Crippen LogP contribution in [0.5, 0.6) is 0 Å². The number of nitrogens with zero attached hydrogens (tertiary/aromatic N) is 1. The second-order valence-electron chi connectivity index (χ2n) is 3.55. The number of ketones is 1. The molecular formula is C14H17NO. The van der Waals surface area contributed by atoms with Gasteiger partial charge in [0.1, 0.15) is 5.69 Å². The fourth-order valence-electron chi connectivity index (χ4n) is 1.34. The first-order valence-electron chi connectivity index (χ1n) is 5.55. The summed E-state index contributed by atoms with van der Waals surface area (Å²) in [4.78, 5) is 15.9. The predicted molar refractivity (Wildman–Crippen MR) is 67.3 cm³/mol. The van der Waals surface area contributed by atoms with Gasteiger partial charge in [0.25, 0.3) is 0 Å². The molecule has 0 aliphatic carbocycles. The van der Waals surface area contributed by atoms with Crippen molar-refractivity contribution in [3.63, 3.8) is 0 Å². The normalized spacial score (nSPS) is 10.6. The molecular weight excluding hydrogens is 198 g/mol. The molecule has 2 nitrogen and oxygen atoms in total. The minimum Gasteiger partial charge on any atom is -0.292 e. The Morgan fingerprint density at radius 1 is 1.50 bits per heavy atom. The second kappa shape index (κ2) is 6.72. The van der Waals surface area contributed by atoms with Gasteiger partial charge in [-0.25, -0.2) is 4.98 Å². The first-order chi connectivity index (χ1) is 7.77. The molecule has 0 fully saturated rings. The molecule has 0 aliphatic heterocycles. The Bertz CT molecular complexity index is 393. The Labute approximate surface area is 96.7 Å². The van der Waals surface area contributed by atoms with Crippen molar-refractivity contribution < 1.29 is 4.79 Å². The maximum absolute atomic E-state index is 11.6. The van der Waals surface area contributed by atoms with Crippen molar-refractivity contribution in [1.82, 2.24) is 4.98 Å². The average Bonchev–Trinajstić information content (AvgIpc) is 2.30. The van der Waals surface area contributed by atoms with Crippen molar-refractivity contribution in [2.75, 3.05) is 0 Å². The highest BCUT2D eigenvalue weighted by Gasteiger charge is 2.05. The number of rotatable bonds is 6. The third kappa shape index (κ3) is 3.81. The number of aromatic nitrogens is 1. The van der Waals surface area contributed by atoms with E-state index in [-0.39, 0.29) is 5.78 Å². The average molecular weight is 215 g/mol. The predicted octanol–water partition coefficient (Wildman–Crippen LogP) is 3.65. The highest BCUT2D eigenvalue weighted by Crippen LogP contribution is 2.06. The molecule has 1 heterocycles. The molecule has 0 amide bonds. The van der Waals surface area contributed by atoms with Gasteiger partial charge in [-0.3, -0.25) is 4.79 Å². The van der Waals surface area contributed by atoms with Gasteiger partial charge < -0.3 is 0 Å². The molecule has 0 aromatic carbocycles. The zero-order chi connectivity index (χ0) is 11.8. The third-order valence-electron chi connectivity index (χ3n) is 2.12. The van der Waals surface area contributed by atoms with E-state index in [0.717, 1.165) is 18.5 Å². The van der Waals surface area contributed by atoms with E-state index >= 15 is 0 Å². The second-order valence-corrected chi connectivity index (χ2v) is 3.55. The van der Waals surface area contributed by atoms with E-state index in [4.69, 9.17) is 0 Å². The smallest absolute Gasteiger partial charge is 0.181 e. The van der Waals surface area contributed by atoms with E-state index in [9.17, 15) is 4.79 Å². The Kier molecular flexibility index (Phi) is 5.20. The van der Waals surface area contributed by atoms with E-state index < -0.39 is 0 Å². The van der Waals surface area contributed by atoms with E-state index in [1.165, 1.54) is 0 Å². The number of pyridine rings is 1. The van der Waals surface area contributed by atoms with Gasteiger partial charge in [0.2, 0.25) is 0 Å². The van der Waals surface area contributed by atoms with Crippen molar-refractivity contribution in [2.24, 2.45) is 0 Å². The summed E-state index contributed by atoms with van der Waals surface area (Å²) in [6, 6.07) is 5.52. The van der Waals surface area contributed by atoms with Crippen LogP contribution < -0.4 is 0 Å². The molecule has 0 unspecified atom stereocenters. The van der Waals surface area contributed by atoms with Gasteiger partial charge in [-0.2, -0.15) is 0 Å². The molecule has 0 atom stereocenters. The highest BCUT2D eigenvalue weighted by molar-refractivity contribution is 5.94. The van der Waals surface area contributed by atoms with Gasteiger partial charge in [0.05, 0.1) is 5.69 Å². The summed E-state index contributed by atoms with van der Waals surface area (Å²) in [5, 5.41) is 0. The highest BCUT2D eigenvalue weighted by atomic mass is 16.1. The summed E-state index contributed by atoms with van der Waals surface area (Å²) in [6.07, 6.45) is 7.94. The van der Waals surface area contributed by atoms with Crippen LogP contribution in [0.4, 0.5) is 0 Å². The molecule has 0 aliphatic rings. The van der Waals surface area contributed by atoms with Gasteiger partial charge >= 0.3 is 0 Å². The summed E-state index contributed by atoms with van der Waals surface area (Å²) < 4.78 is 0. The molecule has 1 aromatic heterocycles. The van der Waals surface area contributed by atoms with Crippen LogP contribution in [0, 0.1) is 0 Å². The molecule has 0 saturated carbocycles. The Morgan fingerprint density at radius 3 is 3.00 bits per heavy atom. The van der Waals surface area contributed by atoms with Crippen LogP contribution in [0.3, 0.4) is 0 Å². The summed E-state index contributed by atoms with van der Waals surface area (Å²) in [5.41, 5.74) is 1.38. The zero-order valence-electron chi connectivity index (χ0n) is 9.65. The van der Waals surface area contributed by atoms with E-state index in [1.54, 1.807) is 6.07 Å². The monoisotopic (exact) mass is 215 g/mol. The summed E-state index contributed by atoms with van der Waals surface area (Å²) in [7, 11) is 0. The van der Waals surface area contributed by atoms with Crippen LogP contribution in [-0.4, -0.2) is 10.8 Å². The number of hydrogen-bond donors (Lipinski definition) is 0. The third-order valence-corrected chi connectivity index (χ3v) is 2.12. The van der Waals surface area contributed by atoms with Gasteiger partial charge in [-0.15, -0.1) is 6.58 Å². The molecule has 2 heteroatoms. The van der Waals surface area contributed by atoms with Crippen LogP contribution in [-0.2, 0) is 0 Å². The van der Waals surface area contributed by atoms with Gasteiger partial charge in [-0.1, -0.05) is 25.1 Å². The molecule has 84 valence electrons. The van der Waals surface area contributed by atoms with Gasteiger partial charge in [0.15, 0.2) is 5.78 Å². The van der Waals surface area contributed by atoms with Crippen molar-refractivity contribution in [2.45, 2.75) is 26.2 Å². The molecule has 1 aromatic rings. The van der Waals surface area contributed by atoms with Crippen LogP contribution in [0.15, 0.2) is 36.9 Å². The summed E-state index contributed by atoms with van der Waals surface area (Å²) >= 11 is 0. The van der Waals surface area contributed by atoms with E-state index in [1.807, 2.05) is 37.3 Å². The molecule has 0 radical (unpaired) electrons. The quantitative estimate of drug-likeness (QED) is 0.535. The summed E-state index contributed by atoms with van der Waals surface area (Å²) in [6.45, 7) is 5.63. The SMILES string of the molecule is C=CC/C=C\c1cccc(C(=O)CCC)n1. The molecule has 0 spiro atoms. The van der Waals surface area contributed by atoms with Crippen molar-refractivity contribution in [3.8, 4) is 0 Å². The maximum atomic E-state index is 11.6. The fourth-order valence-corrected chi connectivity index (χ4v) is 1.34. The number of allylic oxidation sites excluding steroid dienone is 2. The van der Waals surface area contributed by atoms with Crippen LogP contribution in [0.1, 0.15) is 42.4 Å². The van der Waals surface area contributed by atoms with Crippen LogP contribution in [0.25, 0.3) is 6.08 Å². The number of carbonyl (C=O) groups is 1. The topological polar surface area (TPSA) is 30.0 Å². The van der Waals surface area contributed by atoms with E-state index in [0.29, 0.717) is 12.1 Å². The first-order valence-corrected chi connectivity index (χ1v) is 5.55. The van der Waals surface area contributed by atoms with Crippen LogP contribution in [0.2, 0.25) is 0 Å². The lowest BCUT2D eigenvalue weighted by molar-refractivity contribution is 0.0977. The number of hydrogen-bond acceptors (Lipinski definition) is 2. The maximum Gasteiger partial charge on any atom is 0.181 e. The van der Waals surface area contributed by atoms with Crippen molar-refractivity contribution in [1.29, 1.82) is 0 Å². The minimum absolute atomic E-state index is 0.112. The van der Waals surface area contributed by atoms with E-state index in [2.05, 4.69) is 11.6 Å². The van der Waals surface area contributed by atoms with Crippen molar-refractivity contribution in [3.05, 3.63) is 48.3 Å². The molecule has 0 N–H and O–H groups in total. The lowest BCUT2D eigenvalue weighted by Gasteiger charge is -1.99. The number of Topliss-reactive ketones (excluding diaryl/α,β-unsaturated/α-hetero) is 1. The Balaban J connectivity index is 2.78. The first kappa shape index (κ1) is 12.4. The van der Waals surface area contributed by atoms with Gasteiger partial charge in [0, 0.05) is 6.42 Å². The standard InChI is InChI=1S/C14H17NO/c1-3-5-6-9-12-10-7-11-13(15-12)14(16)8-4-2/h3,6-7,9-11H,1,4-5,8H2,2H3/b9-6-. The molecule has 1 rings (SSSR count). The Hall–Kier alpha value is -1.70. The zero-order valence-corrected chi connectivity index (χ0v) is 9.65. The Morgan fingerprint density at radius 2 is 2.31 bits per heavy atom. The lowest BCUT2D eigenvalue weighted by Crippen LogP contribution is -2.01. The lowest BCUT2D eigenvalue weighted by atomic mass is 10.1. The fraction of sp³-hybridized carbons (Fsp3) is 0.286. The summed E-state index contributed by atoms with van der Waals surface area (Å²) in [5.74, 6) is 0.112. The molecule has 0 saturated heterocycles. The minimum atomic E-state index is 0.112. The van der Waals surface area contributed by atoms with Gasteiger partial charge in [-0.05, 0) is 31.1 Å². The van der Waals surface area contributed by atoms with Crippen LogP contribution >= 0.6 is 0 Å². The largest absolute Gasteiger partial charge is 0.292 e. The molecule has 0 bridgehead atoms. The van der Waals surface area contributed by atoms with Crippen molar-refractivity contribution >= 4 is 11.9 Å².